The summed E-state index contributed by atoms with van der Waals surface area (Å²) in [5.41, 5.74) is 5.44. The van der Waals surface area contributed by atoms with Gasteiger partial charge in [0.15, 0.2) is 0 Å². The second-order valence-corrected chi connectivity index (χ2v) is 5.58. The van der Waals surface area contributed by atoms with Crippen molar-refractivity contribution in [3.63, 3.8) is 0 Å². The molecule has 0 aliphatic carbocycles. The van der Waals surface area contributed by atoms with Crippen LogP contribution in [-0.2, 0) is 5.41 Å². The smallest absolute Gasteiger partial charge is 0.122 e. The minimum Gasteiger partial charge on any atom is -0.496 e. The Balaban J connectivity index is 3.30. The zero-order chi connectivity index (χ0) is 13.9. The van der Waals surface area contributed by atoms with Gasteiger partial charge in [0.05, 0.1) is 13.2 Å². The van der Waals surface area contributed by atoms with Crippen molar-refractivity contribution in [2.75, 3.05) is 13.7 Å². The summed E-state index contributed by atoms with van der Waals surface area (Å²) in [6.07, 6.45) is -0.609. The summed E-state index contributed by atoms with van der Waals surface area (Å²) in [5, 5.41) is 10.1. The molecule has 0 aliphatic rings. The van der Waals surface area contributed by atoms with Crippen molar-refractivity contribution in [1.29, 1.82) is 0 Å². The summed E-state index contributed by atoms with van der Waals surface area (Å²) in [7, 11) is 1.67. The lowest BCUT2D eigenvalue weighted by atomic mass is 9.83. The Kier molecular flexibility index (Phi) is 4.73. The van der Waals surface area contributed by atoms with Crippen LogP contribution >= 0.6 is 0 Å². The normalized spacial score (nSPS) is 13.5. The van der Waals surface area contributed by atoms with Crippen molar-refractivity contribution >= 4 is 0 Å². The van der Waals surface area contributed by atoms with E-state index >= 15 is 0 Å². The van der Waals surface area contributed by atoms with Crippen LogP contribution in [0.5, 0.6) is 5.75 Å². The van der Waals surface area contributed by atoms with E-state index in [1.54, 1.807) is 7.11 Å². The van der Waals surface area contributed by atoms with Gasteiger partial charge in [-0.15, -0.1) is 0 Å². The molecule has 4 heteroatoms. The molecule has 0 radical (unpaired) electrons. The molecule has 0 saturated carbocycles. The number of nitrogens with one attached hydrogen (secondary N) is 1. The summed E-state index contributed by atoms with van der Waals surface area (Å²) >= 11 is 0. The maximum Gasteiger partial charge on any atom is 0.122 e. The summed E-state index contributed by atoms with van der Waals surface area (Å²) in [5.74, 6) is 6.12. The van der Waals surface area contributed by atoms with E-state index in [0.717, 1.165) is 22.4 Å². The molecule has 0 fully saturated rings. The summed E-state index contributed by atoms with van der Waals surface area (Å²) in [6.45, 7) is 8.66. The van der Waals surface area contributed by atoms with Gasteiger partial charge < -0.3 is 9.84 Å². The van der Waals surface area contributed by atoms with Crippen molar-refractivity contribution in [3.8, 4) is 5.75 Å². The van der Waals surface area contributed by atoms with Crippen molar-refractivity contribution < 1.29 is 9.84 Å². The summed E-state index contributed by atoms with van der Waals surface area (Å²) in [4.78, 5) is 0. The van der Waals surface area contributed by atoms with Crippen LogP contribution in [0, 0.1) is 6.92 Å². The van der Waals surface area contributed by atoms with Gasteiger partial charge in [-0.2, -0.15) is 0 Å². The van der Waals surface area contributed by atoms with Crippen LogP contribution in [0.4, 0.5) is 0 Å². The van der Waals surface area contributed by atoms with E-state index < -0.39 is 6.10 Å². The lowest BCUT2D eigenvalue weighted by Crippen LogP contribution is -2.28. The number of benzene rings is 1. The van der Waals surface area contributed by atoms with Crippen LogP contribution in [0.25, 0.3) is 0 Å². The zero-order valence-corrected chi connectivity index (χ0v) is 11.9. The molecule has 1 aromatic carbocycles. The fourth-order valence-electron chi connectivity index (χ4n) is 2.03. The highest BCUT2D eigenvalue weighted by Crippen LogP contribution is 2.35. The molecular formula is C14H24N2O2. The molecular weight excluding hydrogens is 228 g/mol. The van der Waals surface area contributed by atoms with E-state index in [2.05, 4.69) is 26.2 Å². The molecule has 0 amide bonds. The topological polar surface area (TPSA) is 67.5 Å². The highest BCUT2D eigenvalue weighted by atomic mass is 16.5. The molecule has 4 N–H and O–H groups in total. The van der Waals surface area contributed by atoms with E-state index in [-0.39, 0.29) is 5.41 Å². The second-order valence-electron chi connectivity index (χ2n) is 5.58. The molecule has 4 nitrogen and oxygen atoms in total. The number of hydrogen-bond donors (Lipinski definition) is 3. The Morgan fingerprint density at radius 1 is 1.39 bits per heavy atom. The van der Waals surface area contributed by atoms with Gasteiger partial charge in [-0.25, -0.2) is 0 Å². The minimum absolute atomic E-state index is 0.0380. The zero-order valence-electron chi connectivity index (χ0n) is 11.9. The predicted molar refractivity (Wildman–Crippen MR) is 73.6 cm³/mol. The largest absolute Gasteiger partial charge is 0.496 e. The number of rotatable bonds is 4. The Morgan fingerprint density at radius 3 is 2.44 bits per heavy atom. The van der Waals surface area contributed by atoms with E-state index in [1.165, 1.54) is 0 Å². The SMILES string of the molecule is COc1cc(C)c(C(O)CNN)cc1C(C)(C)C. The number of aliphatic hydroxyl groups excluding tert-OH is 1. The van der Waals surface area contributed by atoms with Crippen molar-refractivity contribution in [2.45, 2.75) is 39.2 Å². The number of methoxy groups -OCH3 is 1. The van der Waals surface area contributed by atoms with Gasteiger partial charge in [-0.1, -0.05) is 20.8 Å². The number of aliphatic hydroxyl groups is 1. The van der Waals surface area contributed by atoms with Gasteiger partial charge in [0.25, 0.3) is 0 Å². The van der Waals surface area contributed by atoms with Crippen LogP contribution in [0.15, 0.2) is 12.1 Å². The second kappa shape index (κ2) is 5.69. The quantitative estimate of drug-likeness (QED) is 0.564. The van der Waals surface area contributed by atoms with Gasteiger partial charge in [-0.05, 0) is 41.2 Å². The van der Waals surface area contributed by atoms with E-state index in [4.69, 9.17) is 10.6 Å². The Labute approximate surface area is 109 Å². The molecule has 1 atom stereocenters. The first-order valence-corrected chi connectivity index (χ1v) is 6.11. The molecule has 0 aliphatic heterocycles. The first kappa shape index (κ1) is 15.0. The van der Waals surface area contributed by atoms with E-state index in [1.807, 2.05) is 19.1 Å². The molecule has 0 heterocycles. The van der Waals surface area contributed by atoms with Crippen molar-refractivity contribution in [2.24, 2.45) is 5.84 Å². The molecule has 0 spiro atoms. The average molecular weight is 252 g/mol. The molecule has 0 aromatic heterocycles. The maximum absolute atomic E-state index is 10.1. The standard InChI is InChI=1S/C14H24N2O2/c1-9-6-13(18-5)11(14(2,3)4)7-10(9)12(17)8-16-15/h6-7,12,16-17H,8,15H2,1-5H3. The van der Waals surface area contributed by atoms with Gasteiger partial charge in [0, 0.05) is 6.54 Å². The van der Waals surface area contributed by atoms with Gasteiger partial charge in [0.2, 0.25) is 0 Å². The lowest BCUT2D eigenvalue weighted by molar-refractivity contribution is 0.174. The van der Waals surface area contributed by atoms with Crippen molar-refractivity contribution in [3.05, 3.63) is 28.8 Å². The first-order chi connectivity index (χ1) is 8.31. The maximum atomic E-state index is 10.1. The van der Waals surface area contributed by atoms with E-state index in [9.17, 15) is 5.11 Å². The molecule has 102 valence electrons. The predicted octanol–water partition coefficient (Wildman–Crippen LogP) is 1.80. The van der Waals surface area contributed by atoms with Gasteiger partial charge in [-0.3, -0.25) is 11.3 Å². The molecule has 0 bridgehead atoms. The molecule has 18 heavy (non-hydrogen) atoms. The highest BCUT2D eigenvalue weighted by Gasteiger charge is 2.22. The minimum atomic E-state index is -0.609. The molecule has 1 unspecified atom stereocenters. The highest BCUT2D eigenvalue weighted by molar-refractivity contribution is 5.46. The number of aryl methyl sites for hydroxylation is 1. The fraction of sp³-hybridized carbons (Fsp3) is 0.571. The summed E-state index contributed by atoms with van der Waals surface area (Å²) < 4.78 is 5.43. The summed E-state index contributed by atoms with van der Waals surface area (Å²) in [6, 6.07) is 3.98. The van der Waals surface area contributed by atoms with Crippen LogP contribution in [0.3, 0.4) is 0 Å². The third-order valence-corrected chi connectivity index (χ3v) is 3.07. The first-order valence-electron chi connectivity index (χ1n) is 6.11. The van der Waals surface area contributed by atoms with Crippen molar-refractivity contribution in [1.82, 2.24) is 5.43 Å². The number of hydrogen-bond acceptors (Lipinski definition) is 4. The van der Waals surface area contributed by atoms with Gasteiger partial charge >= 0.3 is 0 Å². The average Bonchev–Trinajstić information content (AvgIpc) is 2.27. The third-order valence-electron chi connectivity index (χ3n) is 3.07. The Morgan fingerprint density at radius 2 is 2.00 bits per heavy atom. The number of hydrazine groups is 1. The van der Waals surface area contributed by atoms with Crippen LogP contribution in [0.1, 0.15) is 43.6 Å². The van der Waals surface area contributed by atoms with Gasteiger partial charge in [0.1, 0.15) is 5.75 Å². The number of ether oxygens (including phenoxy) is 1. The molecule has 0 saturated heterocycles. The molecule has 1 aromatic rings. The Hall–Kier alpha value is -1.10. The number of nitrogens with two attached hydrogens (primary N) is 1. The third kappa shape index (κ3) is 3.22. The monoisotopic (exact) mass is 252 g/mol. The van der Waals surface area contributed by atoms with Crippen LogP contribution < -0.4 is 16.0 Å². The molecule has 1 rings (SSSR count). The van der Waals surface area contributed by atoms with Crippen LogP contribution in [-0.4, -0.2) is 18.8 Å². The van der Waals surface area contributed by atoms with Crippen LogP contribution in [0.2, 0.25) is 0 Å². The lowest BCUT2D eigenvalue weighted by Gasteiger charge is -2.25. The van der Waals surface area contributed by atoms with E-state index in [0.29, 0.717) is 6.54 Å². The fourth-order valence-corrected chi connectivity index (χ4v) is 2.03. The Bertz CT molecular complexity index is 411.